The third-order valence-corrected chi connectivity index (χ3v) is 5.02. The number of hydrogen-bond donors (Lipinski definition) is 1. The van der Waals surface area contributed by atoms with E-state index in [0.717, 1.165) is 17.8 Å². The molecule has 0 radical (unpaired) electrons. The van der Waals surface area contributed by atoms with Gasteiger partial charge in [0.05, 0.1) is 11.7 Å². The normalized spacial score (nSPS) is 16.1. The second-order valence-corrected chi connectivity index (χ2v) is 7.16. The summed E-state index contributed by atoms with van der Waals surface area (Å²) in [6.07, 6.45) is 0.0572. The molecule has 1 aromatic carbocycles. The number of rotatable bonds is 4. The van der Waals surface area contributed by atoms with Gasteiger partial charge in [-0.15, -0.1) is 0 Å². The molecule has 1 atom stereocenters. The van der Waals surface area contributed by atoms with E-state index in [-0.39, 0.29) is 35.5 Å². The SMILES string of the molecule is CC(C)c1cc(=O)n2c(n1)SCC2CC(=O)Nc1ccc(F)c(F)c1. The van der Waals surface area contributed by atoms with Crippen LogP contribution in [0.2, 0.25) is 0 Å². The van der Waals surface area contributed by atoms with E-state index in [1.165, 1.54) is 28.5 Å². The molecule has 8 heteroatoms. The highest BCUT2D eigenvalue weighted by Gasteiger charge is 2.28. The van der Waals surface area contributed by atoms with E-state index in [1.807, 2.05) is 13.8 Å². The lowest BCUT2D eigenvalue weighted by Crippen LogP contribution is -2.28. The lowest BCUT2D eigenvalue weighted by Gasteiger charge is -2.14. The number of nitrogens with zero attached hydrogens (tertiary/aromatic N) is 2. The van der Waals surface area contributed by atoms with Gasteiger partial charge in [-0.25, -0.2) is 13.8 Å². The lowest BCUT2D eigenvalue weighted by molar-refractivity contribution is -0.116. The fourth-order valence-corrected chi connectivity index (χ4v) is 3.77. The van der Waals surface area contributed by atoms with Gasteiger partial charge >= 0.3 is 0 Å². The summed E-state index contributed by atoms with van der Waals surface area (Å²) in [4.78, 5) is 29.0. The highest BCUT2D eigenvalue weighted by Crippen LogP contribution is 2.33. The van der Waals surface area contributed by atoms with Crippen LogP contribution < -0.4 is 10.9 Å². The quantitative estimate of drug-likeness (QED) is 0.845. The predicted octanol–water partition coefficient (Wildman–Crippen LogP) is 3.32. The zero-order chi connectivity index (χ0) is 18.1. The molecule has 1 aromatic heterocycles. The first kappa shape index (κ1) is 17.6. The van der Waals surface area contributed by atoms with Crippen LogP contribution in [0.25, 0.3) is 0 Å². The summed E-state index contributed by atoms with van der Waals surface area (Å²) < 4.78 is 27.7. The Labute approximate surface area is 147 Å². The highest BCUT2D eigenvalue weighted by molar-refractivity contribution is 7.99. The highest BCUT2D eigenvalue weighted by atomic mass is 32.2. The number of nitrogens with one attached hydrogen (secondary N) is 1. The number of aromatic nitrogens is 2. The molecular weight excluding hydrogens is 348 g/mol. The first-order valence-electron chi connectivity index (χ1n) is 7.86. The number of fused-ring (bicyclic) bond motifs is 1. The minimum atomic E-state index is -1.03. The van der Waals surface area contributed by atoms with Crippen molar-refractivity contribution < 1.29 is 13.6 Å². The van der Waals surface area contributed by atoms with Crippen molar-refractivity contribution in [2.24, 2.45) is 0 Å². The Bertz CT molecular complexity index is 883. The zero-order valence-electron chi connectivity index (χ0n) is 13.8. The van der Waals surface area contributed by atoms with Gasteiger partial charge in [-0.1, -0.05) is 25.6 Å². The van der Waals surface area contributed by atoms with Crippen LogP contribution in [0.4, 0.5) is 14.5 Å². The summed E-state index contributed by atoms with van der Waals surface area (Å²) in [5.41, 5.74) is 0.732. The largest absolute Gasteiger partial charge is 0.326 e. The second kappa shape index (κ2) is 6.95. The monoisotopic (exact) mass is 365 g/mol. The molecule has 1 aliphatic rings. The fourth-order valence-electron chi connectivity index (χ4n) is 2.62. The molecule has 0 bridgehead atoms. The predicted molar refractivity (Wildman–Crippen MR) is 92.0 cm³/mol. The molecule has 1 amide bonds. The van der Waals surface area contributed by atoms with E-state index in [0.29, 0.717) is 10.9 Å². The van der Waals surface area contributed by atoms with E-state index < -0.39 is 11.6 Å². The molecule has 1 N–H and O–H groups in total. The molecule has 2 aromatic rings. The molecule has 5 nitrogen and oxygen atoms in total. The molecule has 1 unspecified atom stereocenters. The summed E-state index contributed by atoms with van der Waals surface area (Å²) in [5.74, 6) is -1.66. The second-order valence-electron chi connectivity index (χ2n) is 6.17. The van der Waals surface area contributed by atoms with Crippen molar-refractivity contribution in [1.82, 2.24) is 9.55 Å². The number of amides is 1. The van der Waals surface area contributed by atoms with Gasteiger partial charge in [0.15, 0.2) is 16.8 Å². The molecule has 2 heterocycles. The average Bonchev–Trinajstić information content (AvgIpc) is 2.94. The molecule has 0 fully saturated rings. The van der Waals surface area contributed by atoms with Crippen molar-refractivity contribution >= 4 is 23.4 Å². The molecule has 1 aliphatic heterocycles. The molecule has 3 rings (SSSR count). The van der Waals surface area contributed by atoms with E-state index in [2.05, 4.69) is 10.3 Å². The van der Waals surface area contributed by atoms with E-state index in [1.54, 1.807) is 0 Å². The smallest absolute Gasteiger partial charge is 0.254 e. The maximum atomic E-state index is 13.2. The number of carbonyl (C=O) groups excluding carboxylic acids is 1. The van der Waals surface area contributed by atoms with Crippen LogP contribution in [0.1, 0.15) is 37.9 Å². The van der Waals surface area contributed by atoms with Crippen molar-refractivity contribution in [3.8, 4) is 0 Å². The molecule has 0 saturated carbocycles. The Morgan fingerprint density at radius 3 is 2.80 bits per heavy atom. The Morgan fingerprint density at radius 2 is 2.12 bits per heavy atom. The third kappa shape index (κ3) is 3.73. The van der Waals surface area contributed by atoms with Crippen LogP contribution in [-0.4, -0.2) is 21.2 Å². The summed E-state index contributed by atoms with van der Waals surface area (Å²) >= 11 is 1.44. The Morgan fingerprint density at radius 1 is 1.36 bits per heavy atom. The molecule has 0 aliphatic carbocycles. The van der Waals surface area contributed by atoms with Crippen molar-refractivity contribution in [3.63, 3.8) is 0 Å². The minimum absolute atomic E-state index is 0.0572. The van der Waals surface area contributed by atoms with Crippen molar-refractivity contribution in [3.05, 3.63) is 51.9 Å². The van der Waals surface area contributed by atoms with Crippen LogP contribution >= 0.6 is 11.8 Å². The molecule has 132 valence electrons. The summed E-state index contributed by atoms with van der Waals surface area (Å²) in [6, 6.07) is 4.35. The zero-order valence-corrected chi connectivity index (χ0v) is 14.6. The molecular formula is C17H17F2N3O2S. The van der Waals surface area contributed by atoms with E-state index in [9.17, 15) is 18.4 Å². The van der Waals surface area contributed by atoms with Gasteiger partial charge in [-0.2, -0.15) is 0 Å². The summed E-state index contributed by atoms with van der Waals surface area (Å²) in [6.45, 7) is 3.93. The van der Waals surface area contributed by atoms with Gasteiger partial charge in [-0.3, -0.25) is 14.2 Å². The maximum absolute atomic E-state index is 13.2. The first-order valence-corrected chi connectivity index (χ1v) is 8.85. The minimum Gasteiger partial charge on any atom is -0.326 e. The van der Waals surface area contributed by atoms with Crippen molar-refractivity contribution in [2.75, 3.05) is 11.1 Å². The van der Waals surface area contributed by atoms with Crippen LogP contribution in [0.15, 0.2) is 34.2 Å². The molecule has 0 saturated heterocycles. The number of anilines is 1. The van der Waals surface area contributed by atoms with Gasteiger partial charge in [0, 0.05) is 30.0 Å². The van der Waals surface area contributed by atoms with Crippen molar-refractivity contribution in [2.45, 2.75) is 37.4 Å². The van der Waals surface area contributed by atoms with Crippen LogP contribution in [0.3, 0.4) is 0 Å². The lowest BCUT2D eigenvalue weighted by atomic mass is 10.1. The number of benzene rings is 1. The van der Waals surface area contributed by atoms with Gasteiger partial charge in [-0.05, 0) is 18.1 Å². The van der Waals surface area contributed by atoms with Gasteiger partial charge in [0.25, 0.3) is 5.56 Å². The standard InChI is InChI=1S/C17H17F2N3O2S/c1-9(2)14-7-16(24)22-11(8-25-17(22)21-14)6-15(23)20-10-3-4-12(18)13(19)5-10/h3-5,7,9,11H,6,8H2,1-2H3,(H,20,23). The van der Waals surface area contributed by atoms with Gasteiger partial charge < -0.3 is 5.32 Å². The van der Waals surface area contributed by atoms with E-state index >= 15 is 0 Å². The van der Waals surface area contributed by atoms with Crippen LogP contribution in [-0.2, 0) is 4.79 Å². The number of thioether (sulfide) groups is 1. The maximum Gasteiger partial charge on any atom is 0.254 e. The number of carbonyl (C=O) groups is 1. The molecule has 25 heavy (non-hydrogen) atoms. The van der Waals surface area contributed by atoms with Crippen LogP contribution in [0.5, 0.6) is 0 Å². The molecule has 0 spiro atoms. The van der Waals surface area contributed by atoms with Crippen LogP contribution in [0, 0.1) is 11.6 Å². The fraction of sp³-hybridized carbons (Fsp3) is 0.353. The first-order chi connectivity index (χ1) is 11.8. The van der Waals surface area contributed by atoms with Gasteiger partial charge in [0.2, 0.25) is 5.91 Å². The Kier molecular flexibility index (Phi) is 4.89. The number of halogens is 2. The number of hydrogen-bond acceptors (Lipinski definition) is 4. The van der Waals surface area contributed by atoms with Gasteiger partial charge in [0.1, 0.15) is 0 Å². The average molecular weight is 365 g/mol. The third-order valence-electron chi connectivity index (χ3n) is 3.93. The topological polar surface area (TPSA) is 64.0 Å². The Hall–Kier alpha value is -2.22. The summed E-state index contributed by atoms with van der Waals surface area (Å²) in [7, 11) is 0. The Balaban J connectivity index is 1.74. The van der Waals surface area contributed by atoms with E-state index in [4.69, 9.17) is 0 Å². The summed E-state index contributed by atoms with van der Waals surface area (Å²) in [5, 5.41) is 3.14. The van der Waals surface area contributed by atoms with Crippen molar-refractivity contribution in [1.29, 1.82) is 0 Å².